The van der Waals surface area contributed by atoms with Gasteiger partial charge in [0.15, 0.2) is 0 Å². The molecule has 0 aromatic rings. The summed E-state index contributed by atoms with van der Waals surface area (Å²) < 4.78 is 0. The Morgan fingerprint density at radius 2 is 1.32 bits per heavy atom. The van der Waals surface area contributed by atoms with Gasteiger partial charge in [0.2, 0.25) is 0 Å². The molecule has 5 nitrogen and oxygen atoms in total. The number of hydrogen-bond acceptors (Lipinski definition) is 5. The third kappa shape index (κ3) is 11.4. The van der Waals surface area contributed by atoms with Crippen LogP contribution in [-0.4, -0.2) is 77.4 Å². The zero-order valence-electron chi connectivity index (χ0n) is 14.9. The number of rotatable bonds is 1. The fourth-order valence-corrected chi connectivity index (χ4v) is 2.98. The summed E-state index contributed by atoms with van der Waals surface area (Å²) >= 11 is 0. The Labute approximate surface area is 138 Å². The minimum atomic E-state index is 0.837. The normalized spacial score (nSPS) is 24.3. The van der Waals surface area contributed by atoms with Crippen molar-refractivity contribution >= 4 is 0 Å². The fraction of sp³-hybridized carbons (Fsp3) is 1.00. The molecule has 0 radical (unpaired) electrons. The summed E-state index contributed by atoms with van der Waals surface area (Å²) in [5.41, 5.74) is 0. The molecule has 0 amide bonds. The van der Waals surface area contributed by atoms with Gasteiger partial charge in [0.1, 0.15) is 0 Å². The van der Waals surface area contributed by atoms with Gasteiger partial charge in [-0.15, -0.1) is 0 Å². The highest BCUT2D eigenvalue weighted by Crippen LogP contribution is 2.16. The maximum atomic E-state index is 3.34. The van der Waals surface area contributed by atoms with Crippen molar-refractivity contribution in [2.45, 2.75) is 44.6 Å². The molecule has 3 aliphatic rings. The zero-order valence-corrected chi connectivity index (χ0v) is 14.9. The molecule has 2 aliphatic heterocycles. The molecule has 0 spiro atoms. The molecule has 0 bridgehead atoms. The Morgan fingerprint density at radius 3 is 1.82 bits per heavy atom. The number of nitrogens with zero attached hydrogens (tertiary/aromatic N) is 1. The van der Waals surface area contributed by atoms with Crippen molar-refractivity contribution < 1.29 is 0 Å². The SMILES string of the molecule is C1CNCCN1.CN1CCCNCC1.CNC1CCCCC1. The Balaban J connectivity index is 0.000000167. The molecule has 22 heavy (non-hydrogen) atoms. The highest BCUT2D eigenvalue weighted by Gasteiger charge is 2.09. The van der Waals surface area contributed by atoms with E-state index in [9.17, 15) is 0 Å². The molecule has 0 aromatic heterocycles. The van der Waals surface area contributed by atoms with Crippen LogP contribution in [0.15, 0.2) is 0 Å². The van der Waals surface area contributed by atoms with Crippen LogP contribution in [0.4, 0.5) is 0 Å². The van der Waals surface area contributed by atoms with Gasteiger partial charge in [-0.3, -0.25) is 0 Å². The summed E-state index contributed by atoms with van der Waals surface area (Å²) in [5.74, 6) is 0. The maximum absolute atomic E-state index is 3.34. The molecular weight excluding hydrogens is 274 g/mol. The summed E-state index contributed by atoms with van der Waals surface area (Å²) in [7, 11) is 4.24. The Kier molecular flexibility index (Phi) is 13.0. The maximum Gasteiger partial charge on any atom is 0.0104 e. The van der Waals surface area contributed by atoms with Gasteiger partial charge in [0.05, 0.1) is 0 Å². The second-order valence-corrected chi connectivity index (χ2v) is 6.53. The summed E-state index contributed by atoms with van der Waals surface area (Å²) in [4.78, 5) is 2.36. The van der Waals surface area contributed by atoms with E-state index in [1.54, 1.807) is 0 Å². The summed E-state index contributed by atoms with van der Waals surface area (Å²) in [6.45, 7) is 9.38. The van der Waals surface area contributed by atoms with E-state index in [4.69, 9.17) is 0 Å². The Bertz CT molecular complexity index is 208. The van der Waals surface area contributed by atoms with E-state index in [-0.39, 0.29) is 0 Å². The minimum absolute atomic E-state index is 0.837. The first-order chi connectivity index (χ1) is 10.8. The van der Waals surface area contributed by atoms with Crippen LogP contribution in [0.3, 0.4) is 0 Å². The van der Waals surface area contributed by atoms with Gasteiger partial charge in [0.25, 0.3) is 0 Å². The van der Waals surface area contributed by atoms with Crippen molar-refractivity contribution in [2.24, 2.45) is 0 Å². The average Bonchev–Trinajstić information content (AvgIpc) is 2.86. The van der Waals surface area contributed by atoms with E-state index < -0.39 is 0 Å². The number of nitrogens with one attached hydrogen (secondary N) is 4. The highest BCUT2D eigenvalue weighted by molar-refractivity contribution is 4.69. The molecule has 5 heteroatoms. The second-order valence-electron chi connectivity index (χ2n) is 6.53. The van der Waals surface area contributed by atoms with E-state index >= 15 is 0 Å². The predicted octanol–water partition coefficient (Wildman–Crippen LogP) is 0.629. The third-order valence-electron chi connectivity index (χ3n) is 4.53. The van der Waals surface area contributed by atoms with E-state index in [1.807, 2.05) is 0 Å². The lowest BCUT2D eigenvalue weighted by molar-refractivity contribution is 0.358. The van der Waals surface area contributed by atoms with Crippen molar-refractivity contribution in [3.05, 3.63) is 0 Å². The first-order valence-corrected chi connectivity index (χ1v) is 9.31. The van der Waals surface area contributed by atoms with Crippen LogP contribution >= 0.6 is 0 Å². The van der Waals surface area contributed by atoms with Crippen LogP contribution in [0.5, 0.6) is 0 Å². The molecule has 1 saturated carbocycles. The topological polar surface area (TPSA) is 51.4 Å². The van der Waals surface area contributed by atoms with E-state index in [0.717, 1.165) is 38.8 Å². The van der Waals surface area contributed by atoms with Crippen molar-refractivity contribution in [3.8, 4) is 0 Å². The van der Waals surface area contributed by atoms with Crippen LogP contribution < -0.4 is 21.3 Å². The van der Waals surface area contributed by atoms with Crippen molar-refractivity contribution in [1.82, 2.24) is 26.2 Å². The van der Waals surface area contributed by atoms with Gasteiger partial charge < -0.3 is 26.2 Å². The molecule has 0 aromatic carbocycles. The largest absolute Gasteiger partial charge is 0.317 e. The molecular formula is C17H39N5. The number of piperazine rings is 1. The average molecular weight is 314 g/mol. The van der Waals surface area contributed by atoms with Crippen LogP contribution in [0, 0.1) is 0 Å². The van der Waals surface area contributed by atoms with E-state index in [2.05, 4.69) is 40.3 Å². The Morgan fingerprint density at radius 1 is 0.727 bits per heavy atom. The molecule has 4 N–H and O–H groups in total. The number of likely N-dealkylation sites (N-methyl/N-ethyl adjacent to an activating group) is 1. The van der Waals surface area contributed by atoms with Gasteiger partial charge in [-0.05, 0) is 46.4 Å². The van der Waals surface area contributed by atoms with Gasteiger partial charge in [-0.25, -0.2) is 0 Å². The van der Waals surface area contributed by atoms with Gasteiger partial charge >= 0.3 is 0 Å². The number of hydrogen-bond donors (Lipinski definition) is 4. The predicted molar refractivity (Wildman–Crippen MR) is 96.7 cm³/mol. The minimum Gasteiger partial charge on any atom is -0.317 e. The van der Waals surface area contributed by atoms with Crippen LogP contribution in [0.25, 0.3) is 0 Å². The quantitative estimate of drug-likeness (QED) is 0.572. The van der Waals surface area contributed by atoms with Crippen LogP contribution in [0.2, 0.25) is 0 Å². The molecule has 1 aliphatic carbocycles. The standard InChI is InChI=1S/C7H15N.C6H14N2.C4H10N2/c1-8-7-5-3-2-4-6-7;1-8-5-2-3-7-4-6-8;1-2-6-4-3-5-1/h7-8H,2-6H2,1H3;7H,2-6H2,1H3;5-6H,1-4H2. The molecule has 2 saturated heterocycles. The molecule has 2 heterocycles. The van der Waals surface area contributed by atoms with E-state index in [0.29, 0.717) is 0 Å². The smallest absolute Gasteiger partial charge is 0.0104 e. The Hall–Kier alpha value is -0.200. The van der Waals surface area contributed by atoms with Crippen molar-refractivity contribution in [3.63, 3.8) is 0 Å². The lowest BCUT2D eigenvalue weighted by Gasteiger charge is -2.20. The first-order valence-electron chi connectivity index (χ1n) is 9.31. The zero-order chi connectivity index (χ0) is 15.9. The molecule has 132 valence electrons. The molecule has 3 fully saturated rings. The van der Waals surface area contributed by atoms with Gasteiger partial charge in [-0.2, -0.15) is 0 Å². The summed E-state index contributed by atoms with van der Waals surface area (Å²) in [6.07, 6.45) is 8.43. The van der Waals surface area contributed by atoms with Gasteiger partial charge in [0, 0.05) is 45.3 Å². The van der Waals surface area contributed by atoms with Crippen molar-refractivity contribution in [1.29, 1.82) is 0 Å². The molecule has 3 rings (SSSR count). The highest BCUT2D eigenvalue weighted by atomic mass is 15.1. The van der Waals surface area contributed by atoms with Gasteiger partial charge in [-0.1, -0.05) is 19.3 Å². The van der Waals surface area contributed by atoms with Crippen LogP contribution in [0.1, 0.15) is 38.5 Å². The summed E-state index contributed by atoms with van der Waals surface area (Å²) in [5, 5.41) is 13.1. The fourth-order valence-electron chi connectivity index (χ4n) is 2.98. The third-order valence-corrected chi connectivity index (χ3v) is 4.53. The van der Waals surface area contributed by atoms with Crippen LogP contribution in [-0.2, 0) is 0 Å². The van der Waals surface area contributed by atoms with Crippen molar-refractivity contribution in [2.75, 3.05) is 66.5 Å². The summed E-state index contributed by atoms with van der Waals surface area (Å²) in [6, 6.07) is 0.837. The molecule has 0 unspecified atom stereocenters. The molecule has 0 atom stereocenters. The second kappa shape index (κ2) is 14.4. The lowest BCUT2D eigenvalue weighted by Crippen LogP contribution is -2.39. The van der Waals surface area contributed by atoms with E-state index in [1.165, 1.54) is 58.2 Å². The monoisotopic (exact) mass is 313 g/mol. The lowest BCUT2D eigenvalue weighted by atomic mass is 9.96. The first kappa shape index (κ1) is 19.8.